The molecule has 2 aromatic rings. The van der Waals surface area contributed by atoms with Gasteiger partial charge in [-0.3, -0.25) is 14.5 Å². The summed E-state index contributed by atoms with van der Waals surface area (Å²) in [4.78, 5) is 25.9. The van der Waals surface area contributed by atoms with Gasteiger partial charge in [0.1, 0.15) is 0 Å². The van der Waals surface area contributed by atoms with Gasteiger partial charge in [-0.2, -0.15) is 0 Å². The van der Waals surface area contributed by atoms with Gasteiger partial charge in [0.05, 0.1) is 20.1 Å². The Balaban J connectivity index is 1.87. The van der Waals surface area contributed by atoms with Gasteiger partial charge in [0, 0.05) is 5.57 Å². The summed E-state index contributed by atoms with van der Waals surface area (Å²) in [6.07, 6.45) is 1.52. The minimum atomic E-state index is -0.371. The lowest BCUT2D eigenvalue weighted by Crippen LogP contribution is -2.28. The number of nitrogens with zero attached hydrogens (tertiary/aromatic N) is 1. The maximum Gasteiger partial charge on any atom is 0.257 e. The number of hydrogen-bond acceptors (Lipinski definition) is 5. The zero-order valence-corrected chi connectivity index (χ0v) is 13.6. The highest BCUT2D eigenvalue weighted by Gasteiger charge is 2.33. The molecule has 1 heterocycles. The highest BCUT2D eigenvalue weighted by atomic mass is 16.5. The third kappa shape index (κ3) is 3.33. The molecule has 2 N–H and O–H groups in total. The summed E-state index contributed by atoms with van der Waals surface area (Å²) < 4.78 is 4.98. The van der Waals surface area contributed by atoms with Crippen LogP contribution in [0, 0.1) is 0 Å². The Kier molecular flexibility index (Phi) is 4.43. The van der Waals surface area contributed by atoms with Crippen molar-refractivity contribution in [2.24, 2.45) is 0 Å². The molecule has 1 aliphatic rings. The predicted octanol–water partition coefficient (Wildman–Crippen LogP) is 2.45. The van der Waals surface area contributed by atoms with Gasteiger partial charge < -0.3 is 14.9 Å². The van der Waals surface area contributed by atoms with Crippen molar-refractivity contribution in [2.45, 2.75) is 13.0 Å². The summed E-state index contributed by atoms with van der Waals surface area (Å²) in [6.45, 7) is 0.222. The maximum atomic E-state index is 12.5. The minimum absolute atomic E-state index is 0.00434. The number of benzene rings is 2. The van der Waals surface area contributed by atoms with Gasteiger partial charge >= 0.3 is 0 Å². The lowest BCUT2D eigenvalue weighted by Gasteiger charge is -2.13. The molecular formula is C19H17NO5. The first-order valence-electron chi connectivity index (χ1n) is 7.68. The van der Waals surface area contributed by atoms with Gasteiger partial charge in [-0.1, -0.05) is 30.3 Å². The number of amides is 2. The lowest BCUT2D eigenvalue weighted by molar-refractivity contribution is -0.138. The van der Waals surface area contributed by atoms with E-state index in [0.717, 1.165) is 5.56 Å². The summed E-state index contributed by atoms with van der Waals surface area (Å²) in [5, 5.41) is 19.4. The number of imide groups is 1. The summed E-state index contributed by atoms with van der Waals surface area (Å²) in [6, 6.07) is 12.1. The van der Waals surface area contributed by atoms with Crippen molar-refractivity contribution < 1.29 is 24.5 Å². The first-order chi connectivity index (χ1) is 12.0. The number of methoxy groups -OCH3 is 1. The summed E-state index contributed by atoms with van der Waals surface area (Å²) in [7, 11) is 1.36. The van der Waals surface area contributed by atoms with E-state index in [-0.39, 0.29) is 42.0 Å². The van der Waals surface area contributed by atoms with Crippen molar-refractivity contribution in [3.63, 3.8) is 0 Å². The molecule has 3 rings (SSSR count). The fourth-order valence-electron chi connectivity index (χ4n) is 2.71. The fourth-order valence-corrected chi connectivity index (χ4v) is 2.71. The van der Waals surface area contributed by atoms with E-state index in [9.17, 15) is 19.8 Å². The van der Waals surface area contributed by atoms with Crippen LogP contribution in [0.3, 0.4) is 0 Å². The van der Waals surface area contributed by atoms with Crippen LogP contribution in [0.25, 0.3) is 6.08 Å². The van der Waals surface area contributed by atoms with E-state index in [2.05, 4.69) is 0 Å². The number of hydrogen-bond donors (Lipinski definition) is 2. The first-order valence-corrected chi connectivity index (χ1v) is 7.68. The molecule has 1 aliphatic heterocycles. The Morgan fingerprint density at radius 1 is 1.16 bits per heavy atom. The number of phenols is 2. The molecule has 1 saturated heterocycles. The third-order valence-electron chi connectivity index (χ3n) is 3.98. The van der Waals surface area contributed by atoms with Gasteiger partial charge in [0.2, 0.25) is 11.7 Å². The molecule has 0 saturated carbocycles. The van der Waals surface area contributed by atoms with Crippen molar-refractivity contribution in [1.29, 1.82) is 0 Å². The standard InChI is InChI=1S/C19H17NO5/c1-25-16-9-13(8-15(21)18(16)23)7-14-10-17(22)20(19(14)24)11-12-5-3-2-4-6-12/h2-9,21,23H,10-11H2,1H3. The number of carbonyl (C=O) groups is 2. The molecule has 6 heteroatoms. The fraction of sp³-hybridized carbons (Fsp3) is 0.158. The molecule has 0 aliphatic carbocycles. The second kappa shape index (κ2) is 6.68. The Morgan fingerprint density at radius 2 is 1.88 bits per heavy atom. The molecule has 0 spiro atoms. The molecule has 1 fully saturated rings. The number of carbonyl (C=O) groups excluding carboxylic acids is 2. The molecule has 128 valence electrons. The lowest BCUT2D eigenvalue weighted by atomic mass is 10.1. The largest absolute Gasteiger partial charge is 0.504 e. The number of likely N-dealkylation sites (tertiary alicyclic amines) is 1. The zero-order valence-electron chi connectivity index (χ0n) is 13.6. The Morgan fingerprint density at radius 3 is 2.56 bits per heavy atom. The third-order valence-corrected chi connectivity index (χ3v) is 3.98. The quantitative estimate of drug-likeness (QED) is 0.507. The number of aromatic hydroxyl groups is 2. The van der Waals surface area contributed by atoms with Gasteiger partial charge in [0.15, 0.2) is 11.5 Å². The average molecular weight is 339 g/mol. The second-order valence-corrected chi connectivity index (χ2v) is 5.71. The SMILES string of the molecule is COc1cc(C=C2CC(=O)N(Cc3ccccc3)C2=O)cc(O)c1O. The van der Waals surface area contributed by atoms with Crippen LogP contribution in [-0.4, -0.2) is 34.0 Å². The highest BCUT2D eigenvalue weighted by molar-refractivity contribution is 6.15. The normalized spacial score (nSPS) is 15.9. The van der Waals surface area contributed by atoms with Crippen LogP contribution in [0.1, 0.15) is 17.5 Å². The summed E-state index contributed by atoms with van der Waals surface area (Å²) in [5.41, 5.74) is 1.66. The van der Waals surface area contributed by atoms with Crippen LogP contribution in [0.5, 0.6) is 17.2 Å². The minimum Gasteiger partial charge on any atom is -0.504 e. The second-order valence-electron chi connectivity index (χ2n) is 5.71. The van der Waals surface area contributed by atoms with E-state index in [0.29, 0.717) is 11.1 Å². The number of phenolic OH excluding ortho intramolecular Hbond substituents is 2. The molecule has 6 nitrogen and oxygen atoms in total. The van der Waals surface area contributed by atoms with Crippen LogP contribution >= 0.6 is 0 Å². The summed E-state index contributed by atoms with van der Waals surface area (Å²) in [5.74, 6) is -1.27. The predicted molar refractivity (Wildman–Crippen MR) is 90.9 cm³/mol. The molecule has 0 aromatic heterocycles. The highest BCUT2D eigenvalue weighted by Crippen LogP contribution is 2.37. The van der Waals surface area contributed by atoms with E-state index in [4.69, 9.17) is 4.74 Å². The first kappa shape index (κ1) is 16.6. The van der Waals surface area contributed by atoms with Gasteiger partial charge in [0.25, 0.3) is 5.91 Å². The molecule has 0 radical (unpaired) electrons. The zero-order chi connectivity index (χ0) is 18.0. The van der Waals surface area contributed by atoms with Crippen LogP contribution in [0.4, 0.5) is 0 Å². The van der Waals surface area contributed by atoms with Crippen molar-refractivity contribution in [3.8, 4) is 17.2 Å². The number of rotatable bonds is 4. The maximum absolute atomic E-state index is 12.5. The van der Waals surface area contributed by atoms with Crippen molar-refractivity contribution >= 4 is 17.9 Å². The number of ether oxygens (including phenoxy) is 1. The van der Waals surface area contributed by atoms with E-state index in [1.54, 1.807) is 0 Å². The van der Waals surface area contributed by atoms with E-state index >= 15 is 0 Å². The molecule has 0 bridgehead atoms. The Labute approximate surface area is 144 Å². The van der Waals surface area contributed by atoms with Gasteiger partial charge in [-0.05, 0) is 29.3 Å². The van der Waals surface area contributed by atoms with Crippen LogP contribution in [0.2, 0.25) is 0 Å². The van der Waals surface area contributed by atoms with Crippen molar-refractivity contribution in [1.82, 2.24) is 4.90 Å². The van der Waals surface area contributed by atoms with Crippen molar-refractivity contribution in [3.05, 3.63) is 59.2 Å². The summed E-state index contributed by atoms with van der Waals surface area (Å²) >= 11 is 0. The van der Waals surface area contributed by atoms with E-state index in [1.165, 1.54) is 30.2 Å². The molecule has 25 heavy (non-hydrogen) atoms. The van der Waals surface area contributed by atoms with Crippen LogP contribution < -0.4 is 4.74 Å². The van der Waals surface area contributed by atoms with Gasteiger partial charge in [-0.15, -0.1) is 0 Å². The average Bonchev–Trinajstić information content (AvgIpc) is 2.86. The molecule has 2 amide bonds. The van der Waals surface area contributed by atoms with E-state index in [1.807, 2.05) is 30.3 Å². The topological polar surface area (TPSA) is 87.1 Å². The molecular weight excluding hydrogens is 322 g/mol. The Bertz CT molecular complexity index is 858. The van der Waals surface area contributed by atoms with Gasteiger partial charge in [-0.25, -0.2) is 0 Å². The van der Waals surface area contributed by atoms with Crippen LogP contribution in [0.15, 0.2) is 48.0 Å². The monoisotopic (exact) mass is 339 g/mol. The molecule has 2 aromatic carbocycles. The smallest absolute Gasteiger partial charge is 0.257 e. The van der Waals surface area contributed by atoms with Crippen LogP contribution in [-0.2, 0) is 16.1 Å². The van der Waals surface area contributed by atoms with E-state index < -0.39 is 0 Å². The Hall–Kier alpha value is -3.28. The van der Waals surface area contributed by atoms with Crippen molar-refractivity contribution in [2.75, 3.05) is 7.11 Å². The molecule has 0 unspecified atom stereocenters. The molecule has 0 atom stereocenters.